The average molecular weight is 393 g/mol. The molecule has 6 nitrogen and oxygen atoms in total. The molecular formula is C22H16FNO5. The van der Waals surface area contributed by atoms with E-state index in [1.807, 2.05) is 0 Å². The SMILES string of the molecule is O=C(O)c1ccc(Cn2ccc3cc(OCc4ccc(F)cc4)ccc3c2=O)o1. The summed E-state index contributed by atoms with van der Waals surface area (Å²) in [5.41, 5.74) is 0.613. The maximum Gasteiger partial charge on any atom is 0.371 e. The number of nitrogens with zero attached hydrogens (tertiary/aromatic N) is 1. The lowest BCUT2D eigenvalue weighted by atomic mass is 10.1. The Kier molecular flexibility index (Phi) is 4.87. The second-order valence-electron chi connectivity index (χ2n) is 6.48. The van der Waals surface area contributed by atoms with Gasteiger partial charge in [-0.2, -0.15) is 0 Å². The first-order chi connectivity index (χ1) is 14.0. The van der Waals surface area contributed by atoms with Crippen LogP contribution in [0.25, 0.3) is 10.8 Å². The van der Waals surface area contributed by atoms with E-state index in [2.05, 4.69) is 0 Å². The number of aromatic nitrogens is 1. The quantitative estimate of drug-likeness (QED) is 0.534. The minimum atomic E-state index is -1.16. The van der Waals surface area contributed by atoms with Crippen LogP contribution in [-0.4, -0.2) is 15.6 Å². The lowest BCUT2D eigenvalue weighted by Crippen LogP contribution is -2.19. The second kappa shape index (κ2) is 7.63. The van der Waals surface area contributed by atoms with Crippen molar-refractivity contribution in [1.29, 1.82) is 0 Å². The zero-order chi connectivity index (χ0) is 20.4. The lowest BCUT2D eigenvalue weighted by Gasteiger charge is -2.09. The molecule has 0 saturated carbocycles. The number of fused-ring (bicyclic) bond motifs is 1. The molecule has 2 heterocycles. The first-order valence-electron chi connectivity index (χ1n) is 8.82. The number of hydrogen-bond donors (Lipinski definition) is 1. The van der Waals surface area contributed by atoms with E-state index in [-0.39, 0.29) is 30.3 Å². The number of carboxylic acids is 1. The summed E-state index contributed by atoms with van der Waals surface area (Å²) >= 11 is 0. The van der Waals surface area contributed by atoms with Gasteiger partial charge in [0.15, 0.2) is 0 Å². The Morgan fingerprint density at radius 1 is 1.07 bits per heavy atom. The fraction of sp³-hybridized carbons (Fsp3) is 0.0909. The smallest absolute Gasteiger partial charge is 0.371 e. The Morgan fingerprint density at radius 2 is 1.86 bits per heavy atom. The van der Waals surface area contributed by atoms with Crippen molar-refractivity contribution in [1.82, 2.24) is 4.57 Å². The van der Waals surface area contributed by atoms with Crippen molar-refractivity contribution >= 4 is 16.7 Å². The van der Waals surface area contributed by atoms with E-state index >= 15 is 0 Å². The van der Waals surface area contributed by atoms with Crippen LogP contribution < -0.4 is 10.3 Å². The van der Waals surface area contributed by atoms with Crippen LogP contribution in [0.3, 0.4) is 0 Å². The number of ether oxygens (including phenoxy) is 1. The number of hydrogen-bond acceptors (Lipinski definition) is 4. The highest BCUT2D eigenvalue weighted by atomic mass is 19.1. The Hall–Kier alpha value is -3.87. The third kappa shape index (κ3) is 4.03. The van der Waals surface area contributed by atoms with Gasteiger partial charge in [-0.3, -0.25) is 4.79 Å². The highest BCUT2D eigenvalue weighted by Crippen LogP contribution is 2.20. The summed E-state index contributed by atoms with van der Waals surface area (Å²) in [4.78, 5) is 23.6. The minimum Gasteiger partial charge on any atom is -0.489 e. The van der Waals surface area contributed by atoms with E-state index in [4.69, 9.17) is 14.3 Å². The monoisotopic (exact) mass is 393 g/mol. The maximum absolute atomic E-state index is 13.0. The van der Waals surface area contributed by atoms with Crippen molar-refractivity contribution < 1.29 is 23.4 Å². The van der Waals surface area contributed by atoms with Crippen molar-refractivity contribution in [2.24, 2.45) is 0 Å². The molecular weight excluding hydrogens is 377 g/mol. The molecule has 0 unspecified atom stereocenters. The molecule has 29 heavy (non-hydrogen) atoms. The Bertz CT molecular complexity index is 1240. The van der Waals surface area contributed by atoms with Gasteiger partial charge in [-0.1, -0.05) is 12.1 Å². The highest BCUT2D eigenvalue weighted by Gasteiger charge is 2.11. The van der Waals surface area contributed by atoms with E-state index in [1.165, 1.54) is 28.8 Å². The molecule has 0 aliphatic heterocycles. The number of furan rings is 1. The summed E-state index contributed by atoms with van der Waals surface area (Å²) in [5.74, 6) is -0.657. The van der Waals surface area contributed by atoms with Gasteiger partial charge in [0.25, 0.3) is 5.56 Å². The summed E-state index contributed by atoms with van der Waals surface area (Å²) in [6, 6.07) is 15.9. The fourth-order valence-corrected chi connectivity index (χ4v) is 2.97. The average Bonchev–Trinajstić information content (AvgIpc) is 3.19. The predicted octanol–water partition coefficient (Wildman–Crippen LogP) is 4.06. The maximum atomic E-state index is 13.0. The second-order valence-corrected chi connectivity index (χ2v) is 6.48. The number of pyridine rings is 1. The topological polar surface area (TPSA) is 81.7 Å². The number of benzene rings is 2. The van der Waals surface area contributed by atoms with Gasteiger partial charge in [0.1, 0.15) is 23.9 Å². The molecule has 1 N–H and O–H groups in total. The van der Waals surface area contributed by atoms with Crippen LogP contribution in [0.2, 0.25) is 0 Å². The van der Waals surface area contributed by atoms with Gasteiger partial charge in [0, 0.05) is 11.6 Å². The summed E-state index contributed by atoms with van der Waals surface area (Å²) in [5, 5.41) is 10.1. The fourth-order valence-electron chi connectivity index (χ4n) is 2.97. The van der Waals surface area contributed by atoms with Gasteiger partial charge in [-0.05, 0) is 59.5 Å². The van der Waals surface area contributed by atoms with Gasteiger partial charge in [-0.15, -0.1) is 0 Å². The van der Waals surface area contributed by atoms with E-state index in [0.29, 0.717) is 22.3 Å². The van der Waals surface area contributed by atoms with Crippen LogP contribution in [0, 0.1) is 5.82 Å². The van der Waals surface area contributed by atoms with Crippen LogP contribution in [-0.2, 0) is 13.2 Å². The third-order valence-electron chi connectivity index (χ3n) is 4.47. The van der Waals surface area contributed by atoms with Crippen LogP contribution in [0.4, 0.5) is 4.39 Å². The molecule has 2 aromatic heterocycles. The Balaban J connectivity index is 1.53. The Labute approximate surface area is 164 Å². The third-order valence-corrected chi connectivity index (χ3v) is 4.47. The molecule has 0 bridgehead atoms. The molecule has 4 aromatic rings. The van der Waals surface area contributed by atoms with Gasteiger partial charge in [-0.25, -0.2) is 9.18 Å². The molecule has 0 aliphatic rings. The highest BCUT2D eigenvalue weighted by molar-refractivity contribution is 5.84. The first-order valence-corrected chi connectivity index (χ1v) is 8.82. The molecule has 2 aromatic carbocycles. The molecule has 146 valence electrons. The van der Waals surface area contributed by atoms with Crippen LogP contribution in [0.5, 0.6) is 5.75 Å². The molecule has 7 heteroatoms. The van der Waals surface area contributed by atoms with Crippen LogP contribution in [0.1, 0.15) is 21.9 Å². The molecule has 0 saturated heterocycles. The predicted molar refractivity (Wildman–Crippen MR) is 104 cm³/mol. The van der Waals surface area contributed by atoms with Gasteiger partial charge in [0.05, 0.1) is 6.54 Å². The number of carbonyl (C=O) groups is 1. The van der Waals surface area contributed by atoms with Crippen molar-refractivity contribution in [3.63, 3.8) is 0 Å². The minimum absolute atomic E-state index is 0.130. The van der Waals surface area contributed by atoms with Crippen molar-refractivity contribution in [2.75, 3.05) is 0 Å². The molecule has 0 radical (unpaired) electrons. The van der Waals surface area contributed by atoms with E-state index in [1.54, 1.807) is 42.6 Å². The summed E-state index contributed by atoms with van der Waals surface area (Å²) in [6.45, 7) is 0.415. The van der Waals surface area contributed by atoms with Crippen molar-refractivity contribution in [2.45, 2.75) is 13.2 Å². The lowest BCUT2D eigenvalue weighted by molar-refractivity contribution is 0.0660. The van der Waals surface area contributed by atoms with Gasteiger partial charge >= 0.3 is 5.97 Å². The zero-order valence-electron chi connectivity index (χ0n) is 15.2. The van der Waals surface area contributed by atoms with Gasteiger partial charge in [0.2, 0.25) is 5.76 Å². The van der Waals surface area contributed by atoms with E-state index in [9.17, 15) is 14.0 Å². The summed E-state index contributed by atoms with van der Waals surface area (Å²) in [7, 11) is 0. The van der Waals surface area contributed by atoms with E-state index in [0.717, 1.165) is 5.56 Å². The van der Waals surface area contributed by atoms with Crippen molar-refractivity contribution in [3.05, 3.63) is 100 Å². The summed E-state index contributed by atoms with van der Waals surface area (Å²) in [6.07, 6.45) is 1.62. The molecule has 0 aliphatic carbocycles. The number of aromatic carboxylic acids is 1. The molecule has 0 amide bonds. The standard InChI is InChI=1S/C22H16FNO5/c23-16-3-1-14(2-4-16)13-28-17-5-7-19-15(11-17)9-10-24(21(19)25)12-18-6-8-20(29-18)22(26)27/h1-11H,12-13H2,(H,26,27). The molecule has 4 rings (SSSR count). The van der Waals surface area contributed by atoms with Crippen LogP contribution in [0.15, 0.2) is 76.1 Å². The van der Waals surface area contributed by atoms with E-state index < -0.39 is 5.97 Å². The normalized spacial score (nSPS) is 10.9. The molecule has 0 spiro atoms. The van der Waals surface area contributed by atoms with Crippen molar-refractivity contribution in [3.8, 4) is 5.75 Å². The largest absolute Gasteiger partial charge is 0.489 e. The number of halogens is 1. The zero-order valence-corrected chi connectivity index (χ0v) is 15.2. The number of carboxylic acid groups (broad SMARTS) is 1. The van der Waals surface area contributed by atoms with Gasteiger partial charge < -0.3 is 18.8 Å². The molecule has 0 atom stereocenters. The Morgan fingerprint density at radius 3 is 2.59 bits per heavy atom. The molecule has 0 fully saturated rings. The first kappa shape index (κ1) is 18.5. The number of rotatable bonds is 6. The van der Waals surface area contributed by atoms with Crippen LogP contribution >= 0.6 is 0 Å². The summed E-state index contributed by atoms with van der Waals surface area (Å²) < 4.78 is 25.4.